The lowest BCUT2D eigenvalue weighted by Crippen LogP contribution is -2.52. The number of allylic oxidation sites excluding steroid dienone is 1. The maximum Gasteiger partial charge on any atom is 0.242 e. The smallest absolute Gasteiger partial charge is 0.242 e. The number of rotatable bonds is 7. The van der Waals surface area contributed by atoms with Crippen LogP contribution >= 0.6 is 0 Å². The number of nitrogens with zero attached hydrogens (tertiary/aromatic N) is 4. The summed E-state index contributed by atoms with van der Waals surface area (Å²) in [5.41, 5.74) is 1.22. The Bertz CT molecular complexity index is 593. The van der Waals surface area contributed by atoms with Gasteiger partial charge in [-0.15, -0.1) is 6.58 Å². The Morgan fingerprint density at radius 3 is 2.58 bits per heavy atom. The number of piperazine rings is 1. The van der Waals surface area contributed by atoms with E-state index in [2.05, 4.69) is 33.9 Å². The van der Waals surface area contributed by atoms with Crippen LogP contribution in [0.5, 0.6) is 0 Å². The molecule has 0 bridgehead atoms. The molecule has 142 valence electrons. The number of hydrogen-bond acceptors (Lipinski definition) is 3. The van der Waals surface area contributed by atoms with Crippen LogP contribution in [0.3, 0.4) is 0 Å². The predicted molar refractivity (Wildman–Crippen MR) is 109 cm³/mol. The molecule has 0 aromatic heterocycles. The van der Waals surface area contributed by atoms with Crippen molar-refractivity contribution in [3.8, 4) is 0 Å². The van der Waals surface area contributed by atoms with Crippen molar-refractivity contribution in [3.63, 3.8) is 0 Å². The first-order chi connectivity index (χ1) is 12.7. The summed E-state index contributed by atoms with van der Waals surface area (Å²) in [6, 6.07) is 10.4. The van der Waals surface area contributed by atoms with Crippen LogP contribution in [0.15, 0.2) is 48.0 Å². The molecule has 0 radical (unpaired) electrons. The Hall–Kier alpha value is -2.50. The van der Waals surface area contributed by atoms with Gasteiger partial charge in [0.25, 0.3) is 0 Å². The molecule has 2 rings (SSSR count). The monoisotopic (exact) mass is 357 g/mol. The Morgan fingerprint density at radius 1 is 1.27 bits per heavy atom. The molecule has 1 fully saturated rings. The Labute approximate surface area is 157 Å². The van der Waals surface area contributed by atoms with E-state index in [1.807, 2.05) is 41.1 Å². The summed E-state index contributed by atoms with van der Waals surface area (Å²) in [5.74, 6) is 0.878. The molecule has 0 unspecified atom stereocenters. The van der Waals surface area contributed by atoms with Gasteiger partial charge in [0.15, 0.2) is 5.96 Å². The quantitative estimate of drug-likeness (QED) is 0.350. The highest BCUT2D eigenvalue weighted by Crippen LogP contribution is 2.15. The summed E-state index contributed by atoms with van der Waals surface area (Å²) < 4.78 is 0. The van der Waals surface area contributed by atoms with Crippen molar-refractivity contribution < 1.29 is 4.79 Å². The van der Waals surface area contributed by atoms with Crippen LogP contribution in [0.2, 0.25) is 0 Å². The second-order valence-electron chi connectivity index (χ2n) is 6.46. The van der Waals surface area contributed by atoms with Gasteiger partial charge in [-0.25, -0.2) is 0 Å². The van der Waals surface area contributed by atoms with Crippen molar-refractivity contribution in [2.75, 3.05) is 58.3 Å². The molecular formula is C20H31N5O. The summed E-state index contributed by atoms with van der Waals surface area (Å²) in [6.07, 6.45) is 3.92. The van der Waals surface area contributed by atoms with E-state index in [9.17, 15) is 4.79 Å². The van der Waals surface area contributed by atoms with Crippen molar-refractivity contribution in [2.24, 2.45) is 4.99 Å². The molecule has 1 saturated heterocycles. The summed E-state index contributed by atoms with van der Waals surface area (Å²) in [5, 5.41) is 3.18. The fourth-order valence-corrected chi connectivity index (χ4v) is 3.08. The van der Waals surface area contributed by atoms with E-state index in [0.29, 0.717) is 0 Å². The zero-order valence-electron chi connectivity index (χ0n) is 16.0. The molecule has 1 N–H and O–H groups in total. The van der Waals surface area contributed by atoms with E-state index in [4.69, 9.17) is 0 Å². The van der Waals surface area contributed by atoms with E-state index >= 15 is 0 Å². The summed E-state index contributed by atoms with van der Waals surface area (Å²) in [7, 11) is 3.73. The number of carbonyl (C=O) groups excluding carboxylic acids is 1. The third-order valence-electron chi connectivity index (χ3n) is 4.63. The molecule has 26 heavy (non-hydrogen) atoms. The number of hydrogen-bond donors (Lipinski definition) is 1. The van der Waals surface area contributed by atoms with E-state index in [0.717, 1.165) is 51.5 Å². The number of aliphatic imine (C=N–C) groups is 1. The lowest BCUT2D eigenvalue weighted by atomic mass is 10.2. The molecule has 6 heteroatoms. The molecule has 1 aromatic carbocycles. The first-order valence-electron chi connectivity index (χ1n) is 9.26. The third-order valence-corrected chi connectivity index (χ3v) is 4.63. The molecular weight excluding hydrogens is 326 g/mol. The second kappa shape index (κ2) is 10.5. The van der Waals surface area contributed by atoms with Crippen LogP contribution in [0.4, 0.5) is 5.69 Å². The summed E-state index contributed by atoms with van der Waals surface area (Å²) >= 11 is 0. The largest absolute Gasteiger partial charge is 0.368 e. The molecule has 1 heterocycles. The number of carbonyl (C=O) groups is 1. The van der Waals surface area contributed by atoms with Crippen molar-refractivity contribution >= 4 is 17.6 Å². The van der Waals surface area contributed by atoms with Gasteiger partial charge in [-0.05, 0) is 25.0 Å². The molecule has 0 saturated carbocycles. The molecule has 1 aliphatic heterocycles. The van der Waals surface area contributed by atoms with Crippen LogP contribution in [0.1, 0.15) is 12.8 Å². The molecule has 0 spiro atoms. The number of benzene rings is 1. The van der Waals surface area contributed by atoms with Crippen LogP contribution in [0.25, 0.3) is 0 Å². The number of nitrogens with one attached hydrogen (secondary N) is 1. The van der Waals surface area contributed by atoms with Gasteiger partial charge in [-0.3, -0.25) is 9.79 Å². The lowest BCUT2D eigenvalue weighted by molar-refractivity contribution is -0.130. The number of anilines is 1. The summed E-state index contributed by atoms with van der Waals surface area (Å²) in [4.78, 5) is 23.1. The minimum absolute atomic E-state index is 0.123. The van der Waals surface area contributed by atoms with Gasteiger partial charge in [-0.2, -0.15) is 0 Å². The lowest BCUT2D eigenvalue weighted by Gasteiger charge is -2.36. The Balaban J connectivity index is 1.75. The topological polar surface area (TPSA) is 51.2 Å². The van der Waals surface area contributed by atoms with Crippen LogP contribution < -0.4 is 10.2 Å². The normalized spacial score (nSPS) is 14.9. The molecule has 0 aliphatic carbocycles. The summed E-state index contributed by atoms with van der Waals surface area (Å²) in [6.45, 7) is 8.15. The fourth-order valence-electron chi connectivity index (χ4n) is 3.08. The van der Waals surface area contributed by atoms with Gasteiger partial charge >= 0.3 is 0 Å². The molecule has 0 atom stereocenters. The zero-order valence-corrected chi connectivity index (χ0v) is 16.0. The average molecular weight is 358 g/mol. The molecule has 1 amide bonds. The molecule has 6 nitrogen and oxygen atoms in total. The van der Waals surface area contributed by atoms with Gasteiger partial charge in [0.1, 0.15) is 0 Å². The number of para-hydroxylation sites is 1. The second-order valence-corrected chi connectivity index (χ2v) is 6.46. The van der Waals surface area contributed by atoms with Crippen molar-refractivity contribution in [1.29, 1.82) is 0 Å². The van der Waals surface area contributed by atoms with Crippen LogP contribution in [-0.2, 0) is 4.79 Å². The van der Waals surface area contributed by atoms with Crippen LogP contribution in [0, 0.1) is 0 Å². The zero-order chi connectivity index (χ0) is 18.8. The van der Waals surface area contributed by atoms with Gasteiger partial charge in [0.05, 0.1) is 6.54 Å². The van der Waals surface area contributed by atoms with E-state index in [-0.39, 0.29) is 12.5 Å². The van der Waals surface area contributed by atoms with E-state index in [1.54, 1.807) is 7.05 Å². The van der Waals surface area contributed by atoms with E-state index < -0.39 is 0 Å². The molecule has 1 aromatic rings. The first-order valence-corrected chi connectivity index (χ1v) is 9.26. The standard InChI is InChI=1S/C20H31N5O/c1-4-5-9-12-23(3)20(21-2)22-17-19(26)25-15-13-24(14-16-25)18-10-7-6-8-11-18/h4,6-8,10-11H,1,5,9,12-17H2,2-3H3,(H,21,22). The maximum absolute atomic E-state index is 12.5. The van der Waals surface area contributed by atoms with Crippen LogP contribution in [-0.4, -0.2) is 75.0 Å². The van der Waals surface area contributed by atoms with Gasteiger partial charge in [0.2, 0.25) is 5.91 Å². The first kappa shape index (κ1) is 19.8. The maximum atomic E-state index is 12.5. The highest BCUT2D eigenvalue weighted by Gasteiger charge is 2.21. The average Bonchev–Trinajstić information content (AvgIpc) is 2.69. The predicted octanol–water partition coefficient (Wildman–Crippen LogP) is 1.81. The minimum Gasteiger partial charge on any atom is -0.368 e. The number of unbranched alkanes of at least 4 members (excludes halogenated alkanes) is 1. The highest BCUT2D eigenvalue weighted by atomic mass is 16.2. The van der Waals surface area contributed by atoms with Crippen molar-refractivity contribution in [1.82, 2.24) is 15.1 Å². The number of amides is 1. The van der Waals surface area contributed by atoms with Gasteiger partial charge < -0.3 is 20.0 Å². The Morgan fingerprint density at radius 2 is 1.96 bits per heavy atom. The fraction of sp³-hybridized carbons (Fsp3) is 0.500. The van der Waals surface area contributed by atoms with Gasteiger partial charge in [-0.1, -0.05) is 24.3 Å². The van der Waals surface area contributed by atoms with E-state index in [1.165, 1.54) is 5.69 Å². The third kappa shape index (κ3) is 5.79. The van der Waals surface area contributed by atoms with Gasteiger partial charge in [0, 0.05) is 52.5 Å². The molecule has 1 aliphatic rings. The highest BCUT2D eigenvalue weighted by molar-refractivity contribution is 5.86. The van der Waals surface area contributed by atoms with Crippen molar-refractivity contribution in [2.45, 2.75) is 12.8 Å². The Kier molecular flexibility index (Phi) is 7.99. The number of guanidine groups is 1. The SMILES string of the molecule is C=CCCCN(C)C(=NC)NCC(=O)N1CCN(c2ccccc2)CC1. The van der Waals surface area contributed by atoms with Crippen molar-refractivity contribution in [3.05, 3.63) is 43.0 Å². The minimum atomic E-state index is 0.123.